The third kappa shape index (κ3) is 8.15. The van der Waals surface area contributed by atoms with Crippen LogP contribution in [0.5, 0.6) is 5.75 Å². The molecule has 0 bridgehead atoms. The Hall–Kier alpha value is -2.61. The summed E-state index contributed by atoms with van der Waals surface area (Å²) in [5.41, 5.74) is 6.33. The molecule has 1 nitrogen and oxygen atoms in total. The molecule has 3 aromatic rings. The Morgan fingerprint density at radius 2 is 1.56 bits per heavy atom. The molecular formula is C30H39FO. The molecule has 1 unspecified atom stereocenters. The molecule has 0 aromatic heterocycles. The first-order valence-corrected chi connectivity index (χ1v) is 12.1. The molecule has 0 saturated heterocycles. The summed E-state index contributed by atoms with van der Waals surface area (Å²) < 4.78 is 19.8. The Kier molecular flexibility index (Phi) is 11.0. The highest BCUT2D eigenvalue weighted by atomic mass is 19.1. The minimum absolute atomic E-state index is 0.166. The number of ether oxygens (including phenoxy) is 1. The molecule has 2 heteroatoms. The van der Waals surface area contributed by atoms with Crippen LogP contribution in [0.2, 0.25) is 0 Å². The number of hydrogen-bond acceptors (Lipinski definition) is 1. The van der Waals surface area contributed by atoms with Gasteiger partial charge in [0, 0.05) is 0 Å². The summed E-state index contributed by atoms with van der Waals surface area (Å²) in [5.74, 6) is 1.03. The fraction of sp³-hybridized carbons (Fsp3) is 0.400. The lowest BCUT2D eigenvalue weighted by atomic mass is 9.87. The average molecular weight is 435 g/mol. The van der Waals surface area contributed by atoms with Gasteiger partial charge >= 0.3 is 0 Å². The Labute approximate surface area is 194 Å². The van der Waals surface area contributed by atoms with Gasteiger partial charge in [0.2, 0.25) is 0 Å². The predicted molar refractivity (Wildman–Crippen MR) is 135 cm³/mol. The van der Waals surface area contributed by atoms with Crippen LogP contribution in [0.4, 0.5) is 4.39 Å². The van der Waals surface area contributed by atoms with E-state index in [4.69, 9.17) is 4.74 Å². The highest BCUT2D eigenvalue weighted by Crippen LogP contribution is 2.27. The van der Waals surface area contributed by atoms with Crippen LogP contribution in [0.25, 0.3) is 0 Å². The van der Waals surface area contributed by atoms with Gasteiger partial charge in [-0.2, -0.15) is 0 Å². The lowest BCUT2D eigenvalue weighted by Gasteiger charge is -2.19. The van der Waals surface area contributed by atoms with E-state index in [2.05, 4.69) is 63.2 Å². The predicted octanol–water partition coefficient (Wildman–Crippen LogP) is 8.61. The van der Waals surface area contributed by atoms with E-state index >= 15 is 0 Å². The topological polar surface area (TPSA) is 9.23 Å². The quantitative estimate of drug-likeness (QED) is 0.290. The highest BCUT2D eigenvalue weighted by molar-refractivity contribution is 5.32. The summed E-state index contributed by atoms with van der Waals surface area (Å²) in [6.07, 6.45) is 5.07. The Bertz CT molecular complexity index is 930. The molecule has 1 atom stereocenters. The van der Waals surface area contributed by atoms with Gasteiger partial charge in [-0.3, -0.25) is 0 Å². The number of benzene rings is 3. The van der Waals surface area contributed by atoms with Crippen LogP contribution >= 0.6 is 0 Å². The summed E-state index contributed by atoms with van der Waals surface area (Å²) in [6, 6.07) is 22.1. The van der Waals surface area contributed by atoms with Crippen LogP contribution in [-0.2, 0) is 12.8 Å². The summed E-state index contributed by atoms with van der Waals surface area (Å²) in [6.45, 7) is 11.1. The second kappa shape index (κ2) is 13.7. The molecule has 3 aromatic carbocycles. The van der Waals surface area contributed by atoms with Gasteiger partial charge in [-0.15, -0.1) is 0 Å². The minimum Gasteiger partial charge on any atom is -0.494 e. The lowest BCUT2D eigenvalue weighted by molar-refractivity contribution is 0.301. The molecule has 0 radical (unpaired) electrons. The molecular weight excluding hydrogens is 395 g/mol. The van der Waals surface area contributed by atoms with Crippen molar-refractivity contribution in [2.45, 2.75) is 72.6 Å². The molecule has 172 valence electrons. The van der Waals surface area contributed by atoms with Gasteiger partial charge in [-0.25, -0.2) is 4.39 Å². The normalized spacial score (nSPS) is 11.4. The zero-order valence-electron chi connectivity index (χ0n) is 20.5. The number of hydrogen-bond donors (Lipinski definition) is 0. The molecule has 0 N–H and O–H groups in total. The maximum Gasteiger partial charge on any atom is 0.123 e. The van der Waals surface area contributed by atoms with Crippen LogP contribution in [0.15, 0.2) is 66.7 Å². The first kappa shape index (κ1) is 25.6. The largest absolute Gasteiger partial charge is 0.494 e. The number of halogens is 1. The number of rotatable bonds is 10. The molecule has 0 aliphatic rings. The molecule has 0 heterocycles. The average Bonchev–Trinajstić information content (AvgIpc) is 2.81. The molecule has 0 saturated carbocycles. The third-order valence-electron chi connectivity index (χ3n) is 5.80. The van der Waals surface area contributed by atoms with Gasteiger partial charge in [0.05, 0.1) is 6.61 Å². The SMILES string of the molecule is CC.CCCc1ccc(OCCCC(Cc2ccc(C)c(C)c2)c2cccc(F)c2)cc1. The van der Waals surface area contributed by atoms with Crippen molar-refractivity contribution >= 4 is 0 Å². The molecule has 3 rings (SSSR count). The van der Waals surface area contributed by atoms with Crippen molar-refractivity contribution in [1.29, 1.82) is 0 Å². The Balaban J connectivity index is 0.00000176. The van der Waals surface area contributed by atoms with Gasteiger partial charge in [0.15, 0.2) is 0 Å². The van der Waals surface area contributed by atoms with Crippen LogP contribution in [0.1, 0.15) is 73.8 Å². The van der Waals surface area contributed by atoms with Gasteiger partial charge in [-0.1, -0.05) is 69.7 Å². The molecule has 0 fully saturated rings. The van der Waals surface area contributed by atoms with Crippen LogP contribution < -0.4 is 4.74 Å². The molecule has 0 aliphatic carbocycles. The van der Waals surface area contributed by atoms with Crippen LogP contribution in [0, 0.1) is 19.7 Å². The van der Waals surface area contributed by atoms with E-state index in [9.17, 15) is 4.39 Å². The lowest BCUT2D eigenvalue weighted by Crippen LogP contribution is -2.07. The summed E-state index contributed by atoms with van der Waals surface area (Å²) in [4.78, 5) is 0. The van der Waals surface area contributed by atoms with E-state index in [1.54, 1.807) is 6.07 Å². The minimum atomic E-state index is -0.166. The fourth-order valence-corrected chi connectivity index (χ4v) is 3.92. The zero-order valence-corrected chi connectivity index (χ0v) is 20.5. The fourth-order valence-electron chi connectivity index (χ4n) is 3.92. The van der Waals surface area contributed by atoms with Gasteiger partial charge in [0.25, 0.3) is 0 Å². The second-order valence-corrected chi connectivity index (χ2v) is 8.26. The van der Waals surface area contributed by atoms with Crippen molar-refractivity contribution < 1.29 is 9.13 Å². The van der Waals surface area contributed by atoms with E-state index < -0.39 is 0 Å². The van der Waals surface area contributed by atoms with E-state index in [0.717, 1.165) is 43.4 Å². The standard InChI is InChI=1S/C28H33FO.C2H6/c1-4-7-23-13-15-28(16-14-23)30-17-6-9-25(26-8-5-10-27(29)20-26)19-24-12-11-21(2)22(3)18-24;1-2/h5,8,10-16,18,20,25H,4,6-7,9,17,19H2,1-3H3;1-2H3. The maximum absolute atomic E-state index is 13.9. The third-order valence-corrected chi connectivity index (χ3v) is 5.80. The monoisotopic (exact) mass is 434 g/mol. The second-order valence-electron chi connectivity index (χ2n) is 8.26. The van der Waals surface area contributed by atoms with E-state index in [-0.39, 0.29) is 11.7 Å². The molecule has 0 aliphatic heterocycles. The Morgan fingerprint density at radius 3 is 2.22 bits per heavy atom. The first-order chi connectivity index (χ1) is 15.5. The number of aryl methyl sites for hydroxylation is 3. The van der Waals surface area contributed by atoms with Crippen molar-refractivity contribution in [3.8, 4) is 5.75 Å². The van der Waals surface area contributed by atoms with Crippen molar-refractivity contribution in [2.24, 2.45) is 0 Å². The van der Waals surface area contributed by atoms with Crippen LogP contribution in [0.3, 0.4) is 0 Å². The summed E-state index contributed by atoms with van der Waals surface area (Å²) in [7, 11) is 0. The highest BCUT2D eigenvalue weighted by Gasteiger charge is 2.14. The van der Waals surface area contributed by atoms with Crippen molar-refractivity contribution in [1.82, 2.24) is 0 Å². The maximum atomic E-state index is 13.9. The van der Waals surface area contributed by atoms with E-state index in [1.165, 1.54) is 28.3 Å². The van der Waals surface area contributed by atoms with Gasteiger partial charge in [0.1, 0.15) is 11.6 Å². The summed E-state index contributed by atoms with van der Waals surface area (Å²) >= 11 is 0. The molecule has 0 amide bonds. The van der Waals surface area contributed by atoms with Crippen molar-refractivity contribution in [3.63, 3.8) is 0 Å². The van der Waals surface area contributed by atoms with E-state index in [0.29, 0.717) is 6.61 Å². The van der Waals surface area contributed by atoms with Gasteiger partial charge < -0.3 is 4.74 Å². The smallest absolute Gasteiger partial charge is 0.123 e. The Morgan fingerprint density at radius 1 is 0.844 bits per heavy atom. The van der Waals surface area contributed by atoms with E-state index in [1.807, 2.05) is 26.0 Å². The van der Waals surface area contributed by atoms with Crippen molar-refractivity contribution in [3.05, 3.63) is 100 Å². The van der Waals surface area contributed by atoms with Gasteiger partial charge in [-0.05, 0) is 97.5 Å². The molecule has 0 spiro atoms. The summed E-state index contributed by atoms with van der Waals surface area (Å²) in [5, 5.41) is 0. The molecule has 32 heavy (non-hydrogen) atoms. The van der Waals surface area contributed by atoms with Crippen molar-refractivity contribution in [2.75, 3.05) is 6.61 Å². The zero-order chi connectivity index (χ0) is 23.3. The van der Waals surface area contributed by atoms with Crippen LogP contribution in [-0.4, -0.2) is 6.61 Å². The first-order valence-electron chi connectivity index (χ1n) is 12.1.